The van der Waals surface area contributed by atoms with E-state index < -0.39 is 0 Å². The smallest absolute Gasteiger partial charge is 0.169 e. The lowest BCUT2D eigenvalue weighted by Crippen LogP contribution is -2.15. The molecule has 0 saturated carbocycles. The zero-order valence-corrected chi connectivity index (χ0v) is 12.4. The van der Waals surface area contributed by atoms with Crippen molar-refractivity contribution in [3.63, 3.8) is 0 Å². The maximum Gasteiger partial charge on any atom is 0.169 e. The van der Waals surface area contributed by atoms with Gasteiger partial charge in [-0.25, -0.2) is 4.39 Å². The van der Waals surface area contributed by atoms with Gasteiger partial charge in [0.25, 0.3) is 0 Å². The Morgan fingerprint density at radius 3 is 2.70 bits per heavy atom. The van der Waals surface area contributed by atoms with Gasteiger partial charge in [0.05, 0.1) is 7.11 Å². The number of benzene rings is 2. The van der Waals surface area contributed by atoms with Crippen molar-refractivity contribution in [2.24, 2.45) is 5.73 Å². The first kappa shape index (κ1) is 14.9. The summed E-state index contributed by atoms with van der Waals surface area (Å²) in [7, 11) is 1.45. The van der Waals surface area contributed by atoms with Crippen LogP contribution in [0.4, 0.5) is 4.39 Å². The number of rotatable bonds is 5. The van der Waals surface area contributed by atoms with Crippen LogP contribution in [0.2, 0.25) is 0 Å². The fraction of sp³-hybridized carbons (Fsp3) is 0.250. The Morgan fingerprint density at radius 1 is 1.25 bits per heavy atom. The summed E-state index contributed by atoms with van der Waals surface area (Å²) in [5.41, 5.74) is 7.78. The first-order valence-corrected chi connectivity index (χ1v) is 7.38. The van der Waals surface area contributed by atoms with Crippen LogP contribution < -0.4 is 10.5 Å². The monoisotopic (exact) mass is 291 g/mol. The third-order valence-corrected chi connectivity index (χ3v) is 4.14. The Bertz CT molecular complexity index is 588. The summed E-state index contributed by atoms with van der Waals surface area (Å²) in [6, 6.07) is 12.9. The summed E-state index contributed by atoms with van der Waals surface area (Å²) >= 11 is 1.63. The normalized spacial score (nSPS) is 12.2. The minimum atomic E-state index is -0.368. The average Bonchev–Trinajstić information content (AvgIpc) is 2.45. The molecule has 0 amide bonds. The molecule has 0 spiro atoms. The van der Waals surface area contributed by atoms with Crippen LogP contribution in [0.15, 0.2) is 47.4 Å². The number of hydrogen-bond donors (Lipinski definition) is 1. The molecule has 0 fully saturated rings. The Kier molecular flexibility index (Phi) is 5.04. The minimum absolute atomic E-state index is 0.235. The van der Waals surface area contributed by atoms with Crippen LogP contribution in [0.5, 0.6) is 5.75 Å². The molecule has 0 aliphatic carbocycles. The van der Waals surface area contributed by atoms with Crippen molar-refractivity contribution in [3.05, 3.63) is 59.4 Å². The van der Waals surface area contributed by atoms with E-state index in [0.29, 0.717) is 11.3 Å². The van der Waals surface area contributed by atoms with Crippen molar-refractivity contribution in [2.45, 2.75) is 17.9 Å². The van der Waals surface area contributed by atoms with Gasteiger partial charge in [-0.2, -0.15) is 0 Å². The van der Waals surface area contributed by atoms with Gasteiger partial charge in [-0.3, -0.25) is 0 Å². The van der Waals surface area contributed by atoms with Gasteiger partial charge >= 0.3 is 0 Å². The highest BCUT2D eigenvalue weighted by Crippen LogP contribution is 2.28. The number of aryl methyl sites for hydroxylation is 1. The lowest BCUT2D eigenvalue weighted by molar-refractivity contribution is 0.383. The maximum atomic E-state index is 14.1. The molecule has 2 rings (SSSR count). The molecule has 2 N–H and O–H groups in total. The topological polar surface area (TPSA) is 35.2 Å². The number of nitrogens with two attached hydrogens (primary N) is 1. The van der Waals surface area contributed by atoms with Crippen LogP contribution in [0.1, 0.15) is 17.2 Å². The summed E-state index contributed by atoms with van der Waals surface area (Å²) in [6.45, 7) is 2.05. The second-order valence-electron chi connectivity index (χ2n) is 4.60. The van der Waals surface area contributed by atoms with Gasteiger partial charge in [-0.15, -0.1) is 11.8 Å². The van der Waals surface area contributed by atoms with E-state index in [1.807, 2.05) is 25.1 Å². The highest BCUT2D eigenvalue weighted by atomic mass is 32.2. The molecule has 0 heterocycles. The Labute approximate surface area is 123 Å². The van der Waals surface area contributed by atoms with Crippen LogP contribution in [0.25, 0.3) is 0 Å². The number of hydrogen-bond acceptors (Lipinski definition) is 3. The van der Waals surface area contributed by atoms with E-state index in [2.05, 4.69) is 6.07 Å². The van der Waals surface area contributed by atoms with Gasteiger partial charge in [0.1, 0.15) is 0 Å². The number of ether oxygens (including phenoxy) is 1. The molecule has 0 aromatic heterocycles. The van der Waals surface area contributed by atoms with Crippen LogP contribution in [-0.4, -0.2) is 12.9 Å². The molecule has 1 atom stereocenters. The second-order valence-corrected chi connectivity index (χ2v) is 5.69. The predicted molar refractivity (Wildman–Crippen MR) is 81.8 cm³/mol. The lowest BCUT2D eigenvalue weighted by atomic mass is 10.1. The zero-order chi connectivity index (χ0) is 14.5. The van der Waals surface area contributed by atoms with Crippen LogP contribution in [0, 0.1) is 12.7 Å². The summed E-state index contributed by atoms with van der Waals surface area (Å²) in [6.07, 6.45) is 0. The zero-order valence-electron chi connectivity index (χ0n) is 11.6. The molecule has 1 unspecified atom stereocenters. The predicted octanol–water partition coefficient (Wildman–Crippen LogP) is 3.93. The summed E-state index contributed by atoms with van der Waals surface area (Å²) in [5.74, 6) is 0.485. The van der Waals surface area contributed by atoms with Crippen molar-refractivity contribution < 1.29 is 9.13 Å². The van der Waals surface area contributed by atoms with E-state index in [4.69, 9.17) is 10.5 Å². The highest BCUT2D eigenvalue weighted by Gasteiger charge is 2.15. The van der Waals surface area contributed by atoms with Crippen molar-refractivity contribution >= 4 is 11.8 Å². The van der Waals surface area contributed by atoms with E-state index in [0.717, 1.165) is 4.90 Å². The molecule has 20 heavy (non-hydrogen) atoms. The Hall–Kier alpha value is -1.52. The van der Waals surface area contributed by atoms with Crippen molar-refractivity contribution in [2.75, 3.05) is 12.9 Å². The standard InChI is InChI=1S/C16H18FNOS/c1-11-5-3-6-12(9-11)20-10-14(18)13-7-4-8-15(19-2)16(13)17/h3-9,14H,10,18H2,1-2H3. The number of halogens is 1. The molecular formula is C16H18FNOS. The first-order chi connectivity index (χ1) is 9.61. The average molecular weight is 291 g/mol. The first-order valence-electron chi connectivity index (χ1n) is 6.39. The van der Waals surface area contributed by atoms with Crippen LogP contribution in [-0.2, 0) is 0 Å². The lowest BCUT2D eigenvalue weighted by Gasteiger charge is -2.14. The van der Waals surface area contributed by atoms with Gasteiger partial charge in [0, 0.05) is 22.3 Å². The van der Waals surface area contributed by atoms with Crippen molar-refractivity contribution in [3.8, 4) is 5.75 Å². The summed E-state index contributed by atoms with van der Waals surface area (Å²) in [5, 5.41) is 0. The largest absolute Gasteiger partial charge is 0.494 e. The Balaban J connectivity index is 2.07. The van der Waals surface area contributed by atoms with Crippen LogP contribution in [0.3, 0.4) is 0 Å². The molecule has 0 radical (unpaired) electrons. The van der Waals surface area contributed by atoms with Crippen molar-refractivity contribution in [1.29, 1.82) is 0 Å². The molecule has 4 heteroatoms. The van der Waals surface area contributed by atoms with Gasteiger partial charge in [0.2, 0.25) is 0 Å². The van der Waals surface area contributed by atoms with Gasteiger partial charge in [-0.05, 0) is 25.1 Å². The molecule has 0 aliphatic heterocycles. The maximum absolute atomic E-state index is 14.1. The molecule has 106 valence electrons. The van der Waals surface area contributed by atoms with E-state index >= 15 is 0 Å². The fourth-order valence-corrected chi connectivity index (χ4v) is 2.95. The molecule has 2 nitrogen and oxygen atoms in total. The van der Waals surface area contributed by atoms with Gasteiger partial charge < -0.3 is 10.5 Å². The number of thioether (sulfide) groups is 1. The highest BCUT2D eigenvalue weighted by molar-refractivity contribution is 7.99. The number of methoxy groups -OCH3 is 1. The Morgan fingerprint density at radius 2 is 2.00 bits per heavy atom. The molecule has 0 saturated heterocycles. The molecule has 0 aliphatic rings. The minimum Gasteiger partial charge on any atom is -0.494 e. The van der Waals surface area contributed by atoms with E-state index in [1.54, 1.807) is 30.0 Å². The van der Waals surface area contributed by atoms with E-state index in [-0.39, 0.29) is 17.6 Å². The van der Waals surface area contributed by atoms with E-state index in [9.17, 15) is 4.39 Å². The molecule has 0 bridgehead atoms. The summed E-state index contributed by atoms with van der Waals surface area (Å²) in [4.78, 5) is 1.14. The van der Waals surface area contributed by atoms with Crippen molar-refractivity contribution in [1.82, 2.24) is 0 Å². The molecule has 2 aromatic rings. The molecule has 2 aromatic carbocycles. The SMILES string of the molecule is COc1cccc(C(N)CSc2cccc(C)c2)c1F. The third kappa shape index (κ3) is 3.52. The summed E-state index contributed by atoms with van der Waals surface area (Å²) < 4.78 is 19.1. The second kappa shape index (κ2) is 6.77. The van der Waals surface area contributed by atoms with Gasteiger partial charge in [-0.1, -0.05) is 29.8 Å². The van der Waals surface area contributed by atoms with E-state index in [1.165, 1.54) is 12.7 Å². The van der Waals surface area contributed by atoms with Gasteiger partial charge in [0.15, 0.2) is 11.6 Å². The molecular weight excluding hydrogens is 273 g/mol. The van der Waals surface area contributed by atoms with Crippen LogP contribution >= 0.6 is 11.8 Å². The fourth-order valence-electron chi connectivity index (χ4n) is 1.95. The third-order valence-electron chi connectivity index (χ3n) is 3.03. The quantitative estimate of drug-likeness (QED) is 0.848.